The molecule has 2 unspecified atom stereocenters. The van der Waals surface area contributed by atoms with Crippen LogP contribution in [0.2, 0.25) is 0 Å². The van der Waals surface area contributed by atoms with Crippen LogP contribution in [0.1, 0.15) is 18.1 Å². The zero-order valence-electron chi connectivity index (χ0n) is 10.0. The zero-order chi connectivity index (χ0) is 12.8. The van der Waals surface area contributed by atoms with Crippen LogP contribution >= 0.6 is 0 Å². The summed E-state index contributed by atoms with van der Waals surface area (Å²) in [4.78, 5) is 11.3. The van der Waals surface area contributed by atoms with Crippen LogP contribution < -0.4 is 5.73 Å². The van der Waals surface area contributed by atoms with Gasteiger partial charge in [0.1, 0.15) is 0 Å². The van der Waals surface area contributed by atoms with Gasteiger partial charge in [0, 0.05) is 6.04 Å². The van der Waals surface area contributed by atoms with E-state index in [1.54, 1.807) is 19.1 Å². The Morgan fingerprint density at radius 3 is 2.53 bits per heavy atom. The Labute approximate surface area is 101 Å². The summed E-state index contributed by atoms with van der Waals surface area (Å²) in [6, 6.07) is 8.95. The molecule has 0 saturated heterocycles. The quantitative estimate of drug-likeness (QED) is 0.792. The molecule has 0 aliphatic carbocycles. The number of carbonyl (C=O) groups excluding carboxylic acids is 1. The molecule has 0 saturated carbocycles. The van der Waals surface area contributed by atoms with Gasteiger partial charge in [0.15, 0.2) is 0 Å². The van der Waals surface area contributed by atoms with Crippen molar-refractivity contribution in [1.29, 1.82) is 5.26 Å². The fourth-order valence-electron chi connectivity index (χ4n) is 1.52. The maximum atomic E-state index is 11.3. The van der Waals surface area contributed by atoms with Crippen LogP contribution in [0, 0.1) is 17.2 Å². The predicted octanol–water partition coefficient (Wildman–Crippen LogP) is 1.24. The van der Waals surface area contributed by atoms with E-state index < -0.39 is 0 Å². The van der Waals surface area contributed by atoms with Crippen LogP contribution in [0.15, 0.2) is 24.3 Å². The van der Waals surface area contributed by atoms with Gasteiger partial charge in [0.2, 0.25) is 0 Å². The number of rotatable bonds is 4. The first-order valence-corrected chi connectivity index (χ1v) is 5.41. The topological polar surface area (TPSA) is 76.1 Å². The molecule has 0 bridgehead atoms. The second kappa shape index (κ2) is 6.02. The molecule has 0 aromatic heterocycles. The molecule has 0 aliphatic heterocycles. The van der Waals surface area contributed by atoms with Crippen molar-refractivity contribution in [3.05, 3.63) is 35.4 Å². The van der Waals surface area contributed by atoms with Crippen molar-refractivity contribution in [2.24, 2.45) is 11.7 Å². The lowest BCUT2D eigenvalue weighted by molar-refractivity contribution is -0.145. The molecule has 17 heavy (non-hydrogen) atoms. The normalized spacial score (nSPS) is 13.5. The van der Waals surface area contributed by atoms with Crippen LogP contribution in [-0.2, 0) is 16.0 Å². The van der Waals surface area contributed by atoms with Gasteiger partial charge in [-0.2, -0.15) is 5.26 Å². The van der Waals surface area contributed by atoms with Crippen LogP contribution in [0.5, 0.6) is 0 Å². The van der Waals surface area contributed by atoms with E-state index in [-0.39, 0.29) is 17.9 Å². The second-order valence-electron chi connectivity index (χ2n) is 3.99. The van der Waals surface area contributed by atoms with E-state index >= 15 is 0 Å². The lowest BCUT2D eigenvalue weighted by Gasteiger charge is -2.17. The number of benzene rings is 1. The number of hydrogen-bond acceptors (Lipinski definition) is 4. The molecule has 2 atom stereocenters. The highest BCUT2D eigenvalue weighted by atomic mass is 16.5. The number of methoxy groups -OCH3 is 1. The second-order valence-corrected chi connectivity index (χ2v) is 3.99. The summed E-state index contributed by atoms with van der Waals surface area (Å²) >= 11 is 0. The molecule has 1 aromatic rings. The summed E-state index contributed by atoms with van der Waals surface area (Å²) in [5, 5.41) is 8.67. The molecule has 0 aliphatic rings. The Morgan fingerprint density at radius 2 is 2.06 bits per heavy atom. The molecule has 1 rings (SSSR count). The summed E-state index contributed by atoms with van der Waals surface area (Å²) in [5.74, 6) is -0.637. The number of nitrogens with two attached hydrogens (primary N) is 1. The van der Waals surface area contributed by atoms with Crippen molar-refractivity contribution in [2.45, 2.75) is 19.4 Å². The van der Waals surface area contributed by atoms with Crippen LogP contribution in [0.25, 0.3) is 0 Å². The smallest absolute Gasteiger partial charge is 0.309 e. The molecule has 0 spiro atoms. The Kier molecular flexibility index (Phi) is 4.68. The van der Waals surface area contributed by atoms with Crippen molar-refractivity contribution in [3.8, 4) is 6.07 Å². The number of hydrogen-bond donors (Lipinski definition) is 1. The Morgan fingerprint density at radius 1 is 1.47 bits per heavy atom. The highest BCUT2D eigenvalue weighted by Crippen LogP contribution is 2.11. The van der Waals surface area contributed by atoms with E-state index in [2.05, 4.69) is 10.8 Å². The molecule has 90 valence electrons. The van der Waals surface area contributed by atoms with E-state index in [1.165, 1.54) is 7.11 Å². The Bertz CT molecular complexity index is 420. The van der Waals surface area contributed by atoms with Crippen LogP contribution in [0.4, 0.5) is 0 Å². The minimum Gasteiger partial charge on any atom is -0.469 e. The summed E-state index contributed by atoms with van der Waals surface area (Å²) in [6.07, 6.45) is 0.585. The van der Waals surface area contributed by atoms with Crippen molar-refractivity contribution < 1.29 is 9.53 Å². The average molecular weight is 232 g/mol. The molecule has 2 N–H and O–H groups in total. The third-order valence-electron chi connectivity index (χ3n) is 2.77. The summed E-state index contributed by atoms with van der Waals surface area (Å²) in [7, 11) is 1.35. The van der Waals surface area contributed by atoms with Gasteiger partial charge >= 0.3 is 5.97 Å². The van der Waals surface area contributed by atoms with Gasteiger partial charge < -0.3 is 10.5 Å². The minimum absolute atomic E-state index is 0.282. The van der Waals surface area contributed by atoms with E-state index in [4.69, 9.17) is 11.0 Å². The zero-order valence-corrected chi connectivity index (χ0v) is 10.0. The van der Waals surface area contributed by atoms with Gasteiger partial charge in [0.05, 0.1) is 24.7 Å². The maximum Gasteiger partial charge on any atom is 0.309 e. The molecular weight excluding hydrogens is 216 g/mol. The van der Waals surface area contributed by atoms with E-state index in [0.29, 0.717) is 12.0 Å². The van der Waals surface area contributed by atoms with E-state index in [9.17, 15) is 4.79 Å². The first-order chi connectivity index (χ1) is 8.08. The third kappa shape index (κ3) is 3.58. The Balaban J connectivity index is 2.64. The molecule has 0 amide bonds. The lowest BCUT2D eigenvalue weighted by atomic mass is 9.95. The molecule has 4 nitrogen and oxygen atoms in total. The van der Waals surface area contributed by atoms with Gasteiger partial charge in [-0.3, -0.25) is 4.79 Å². The number of nitriles is 1. The van der Waals surface area contributed by atoms with Gasteiger partial charge in [-0.25, -0.2) is 0 Å². The SMILES string of the molecule is COC(=O)C(C)C(N)Cc1ccc(C#N)cc1. The van der Waals surface area contributed by atoms with Crippen molar-refractivity contribution in [1.82, 2.24) is 0 Å². The molecule has 0 heterocycles. The van der Waals surface area contributed by atoms with E-state index in [0.717, 1.165) is 5.56 Å². The standard InChI is InChI=1S/C13H16N2O2/c1-9(13(16)17-2)12(15)7-10-3-5-11(8-14)6-4-10/h3-6,9,12H,7,15H2,1-2H3. The maximum absolute atomic E-state index is 11.3. The molecule has 4 heteroatoms. The van der Waals surface area contributed by atoms with Gasteiger partial charge in [0.25, 0.3) is 0 Å². The van der Waals surface area contributed by atoms with Gasteiger partial charge in [-0.15, -0.1) is 0 Å². The van der Waals surface area contributed by atoms with Crippen LogP contribution in [-0.4, -0.2) is 19.1 Å². The van der Waals surface area contributed by atoms with Gasteiger partial charge in [-0.1, -0.05) is 19.1 Å². The minimum atomic E-state index is -0.337. The van der Waals surface area contributed by atoms with Crippen molar-refractivity contribution in [2.75, 3.05) is 7.11 Å². The largest absolute Gasteiger partial charge is 0.469 e. The summed E-state index contributed by atoms with van der Waals surface area (Å²) in [6.45, 7) is 1.75. The number of ether oxygens (including phenoxy) is 1. The average Bonchev–Trinajstić information content (AvgIpc) is 2.37. The Hall–Kier alpha value is -1.86. The van der Waals surface area contributed by atoms with Gasteiger partial charge in [-0.05, 0) is 24.1 Å². The predicted molar refractivity (Wildman–Crippen MR) is 64.0 cm³/mol. The molecule has 0 radical (unpaired) electrons. The van der Waals surface area contributed by atoms with Crippen molar-refractivity contribution >= 4 is 5.97 Å². The first-order valence-electron chi connectivity index (χ1n) is 5.41. The molecule has 1 aromatic carbocycles. The molecular formula is C13H16N2O2. The number of esters is 1. The fourth-order valence-corrected chi connectivity index (χ4v) is 1.52. The van der Waals surface area contributed by atoms with E-state index in [1.807, 2.05) is 12.1 Å². The highest BCUT2D eigenvalue weighted by Gasteiger charge is 2.21. The summed E-state index contributed by atoms with van der Waals surface area (Å²) < 4.78 is 4.65. The van der Waals surface area contributed by atoms with Crippen LogP contribution in [0.3, 0.4) is 0 Å². The number of carbonyl (C=O) groups is 1. The lowest BCUT2D eigenvalue weighted by Crippen LogP contribution is -2.36. The summed E-state index contributed by atoms with van der Waals surface area (Å²) in [5.41, 5.74) is 7.55. The monoisotopic (exact) mass is 232 g/mol. The molecule has 0 fully saturated rings. The van der Waals surface area contributed by atoms with Crippen molar-refractivity contribution in [3.63, 3.8) is 0 Å². The fraction of sp³-hybridized carbons (Fsp3) is 0.385. The highest BCUT2D eigenvalue weighted by molar-refractivity contribution is 5.72. The number of nitrogens with zero attached hydrogens (tertiary/aromatic N) is 1. The first kappa shape index (κ1) is 13.2. The third-order valence-corrected chi connectivity index (χ3v) is 2.77.